The average Bonchev–Trinajstić information content (AvgIpc) is 2.28. The molecule has 0 saturated heterocycles. The highest BCUT2D eigenvalue weighted by Gasteiger charge is 2.05. The van der Waals surface area contributed by atoms with Gasteiger partial charge < -0.3 is 15.4 Å². The minimum Gasteiger partial charge on any atom is -0.377 e. The van der Waals surface area contributed by atoms with Crippen molar-refractivity contribution in [3.8, 4) is 0 Å². The Hall–Kier alpha value is -1.13. The molecule has 4 heteroatoms. The lowest BCUT2D eigenvalue weighted by atomic mass is 10.1. The molecule has 0 aromatic heterocycles. The molecule has 0 saturated carbocycles. The summed E-state index contributed by atoms with van der Waals surface area (Å²) in [5.74, 6) is -0.215. The van der Waals surface area contributed by atoms with Crippen LogP contribution in [0.15, 0.2) is 18.2 Å². The molecule has 0 fully saturated rings. The van der Waals surface area contributed by atoms with Gasteiger partial charge in [-0.15, -0.1) is 0 Å². The molecule has 3 nitrogen and oxygen atoms in total. The van der Waals surface area contributed by atoms with Crippen LogP contribution in [0.1, 0.15) is 19.4 Å². The van der Waals surface area contributed by atoms with E-state index >= 15 is 0 Å². The van der Waals surface area contributed by atoms with E-state index in [0.29, 0.717) is 19.6 Å². The Bertz CT molecular complexity index is 369. The van der Waals surface area contributed by atoms with E-state index in [1.807, 2.05) is 31.9 Å². The van der Waals surface area contributed by atoms with Crippen LogP contribution in [0, 0.1) is 5.82 Å². The Balaban J connectivity index is 2.63. The van der Waals surface area contributed by atoms with Crippen molar-refractivity contribution in [3.05, 3.63) is 29.6 Å². The molecule has 1 aromatic rings. The van der Waals surface area contributed by atoms with Gasteiger partial charge in [0.1, 0.15) is 5.82 Å². The number of anilines is 1. The third-order valence-corrected chi connectivity index (χ3v) is 2.69. The fourth-order valence-corrected chi connectivity index (χ4v) is 1.72. The molecule has 0 bridgehead atoms. The molecule has 0 radical (unpaired) electrons. The van der Waals surface area contributed by atoms with Gasteiger partial charge in [0.05, 0.1) is 12.7 Å². The Morgan fingerprint density at radius 3 is 2.67 bits per heavy atom. The molecule has 0 atom stereocenters. The molecule has 0 heterocycles. The maximum Gasteiger partial charge on any atom is 0.125 e. The van der Waals surface area contributed by atoms with Gasteiger partial charge in [0, 0.05) is 19.3 Å². The number of nitrogens with zero attached hydrogens (tertiary/aromatic N) is 1. The van der Waals surface area contributed by atoms with Crippen molar-refractivity contribution in [3.63, 3.8) is 0 Å². The van der Waals surface area contributed by atoms with Crippen molar-refractivity contribution in [1.82, 2.24) is 0 Å². The third kappa shape index (κ3) is 5.02. The highest BCUT2D eigenvalue weighted by molar-refractivity contribution is 5.48. The predicted octanol–water partition coefficient (Wildman–Crippen LogP) is 2.19. The van der Waals surface area contributed by atoms with E-state index in [0.717, 1.165) is 17.8 Å². The van der Waals surface area contributed by atoms with Gasteiger partial charge in [-0.2, -0.15) is 0 Å². The highest BCUT2D eigenvalue weighted by Crippen LogP contribution is 2.17. The van der Waals surface area contributed by atoms with Gasteiger partial charge in [0.25, 0.3) is 0 Å². The van der Waals surface area contributed by atoms with Gasteiger partial charge in [0.15, 0.2) is 0 Å². The van der Waals surface area contributed by atoms with Crippen molar-refractivity contribution in [2.24, 2.45) is 5.73 Å². The van der Waals surface area contributed by atoms with E-state index in [2.05, 4.69) is 0 Å². The van der Waals surface area contributed by atoms with Gasteiger partial charge in [0.2, 0.25) is 0 Å². The Labute approximate surface area is 109 Å². The fraction of sp³-hybridized carbons (Fsp3) is 0.571. The molecule has 0 amide bonds. The zero-order valence-corrected chi connectivity index (χ0v) is 11.4. The number of benzene rings is 1. The van der Waals surface area contributed by atoms with E-state index in [4.69, 9.17) is 10.5 Å². The zero-order valence-electron chi connectivity index (χ0n) is 11.4. The van der Waals surface area contributed by atoms with Gasteiger partial charge in [-0.05, 0) is 50.6 Å². The Kier molecular flexibility index (Phi) is 6.09. The lowest BCUT2D eigenvalue weighted by molar-refractivity contribution is 0.0846. The topological polar surface area (TPSA) is 38.5 Å². The van der Waals surface area contributed by atoms with Crippen LogP contribution in [0.4, 0.5) is 10.1 Å². The summed E-state index contributed by atoms with van der Waals surface area (Å²) in [6.07, 6.45) is 0.917. The Morgan fingerprint density at radius 2 is 2.06 bits per heavy atom. The summed E-state index contributed by atoms with van der Waals surface area (Å²) in [6.45, 7) is 5.91. The van der Waals surface area contributed by atoms with Gasteiger partial charge in [-0.1, -0.05) is 0 Å². The third-order valence-electron chi connectivity index (χ3n) is 2.69. The van der Waals surface area contributed by atoms with Gasteiger partial charge >= 0.3 is 0 Å². The second-order valence-electron chi connectivity index (χ2n) is 4.70. The van der Waals surface area contributed by atoms with Crippen LogP contribution >= 0.6 is 0 Å². The summed E-state index contributed by atoms with van der Waals surface area (Å²) in [6, 6.07) is 5.05. The molecular weight excluding hydrogens is 231 g/mol. The first-order chi connectivity index (χ1) is 8.52. The molecule has 0 unspecified atom stereocenters. The second-order valence-corrected chi connectivity index (χ2v) is 4.70. The quantitative estimate of drug-likeness (QED) is 0.810. The smallest absolute Gasteiger partial charge is 0.125 e. The van der Waals surface area contributed by atoms with Crippen LogP contribution in [0.25, 0.3) is 0 Å². The van der Waals surface area contributed by atoms with Crippen LogP contribution in [-0.4, -0.2) is 32.8 Å². The number of rotatable bonds is 7. The predicted molar refractivity (Wildman–Crippen MR) is 73.5 cm³/mol. The largest absolute Gasteiger partial charge is 0.377 e. The number of hydrogen-bond acceptors (Lipinski definition) is 3. The average molecular weight is 254 g/mol. The van der Waals surface area contributed by atoms with Crippen LogP contribution in [0.3, 0.4) is 0 Å². The first-order valence-corrected chi connectivity index (χ1v) is 6.35. The number of halogens is 1. The molecule has 0 aliphatic carbocycles. The lowest BCUT2D eigenvalue weighted by Gasteiger charge is -2.21. The van der Waals surface area contributed by atoms with E-state index in [9.17, 15) is 4.39 Å². The zero-order chi connectivity index (χ0) is 13.5. The second kappa shape index (κ2) is 7.34. The maximum absolute atomic E-state index is 13.5. The molecule has 102 valence electrons. The standard InChI is InChI=1S/C14H23FN2O/c1-11(2)18-7-6-17(3)14-9-12(4-5-16)8-13(15)10-14/h8-11H,4-7,16H2,1-3H3. The van der Waals surface area contributed by atoms with Crippen molar-refractivity contribution in [1.29, 1.82) is 0 Å². The molecule has 18 heavy (non-hydrogen) atoms. The molecular formula is C14H23FN2O. The van der Waals surface area contributed by atoms with Gasteiger partial charge in [-0.3, -0.25) is 0 Å². The van der Waals surface area contributed by atoms with Gasteiger partial charge in [-0.25, -0.2) is 4.39 Å². The van der Waals surface area contributed by atoms with Crippen LogP contribution in [-0.2, 0) is 11.2 Å². The number of nitrogens with two attached hydrogens (primary N) is 1. The van der Waals surface area contributed by atoms with Crippen LogP contribution in [0.5, 0.6) is 0 Å². The van der Waals surface area contributed by atoms with E-state index in [1.54, 1.807) is 0 Å². The fourth-order valence-electron chi connectivity index (χ4n) is 1.72. The number of hydrogen-bond donors (Lipinski definition) is 1. The molecule has 1 rings (SSSR count). The van der Waals surface area contributed by atoms with E-state index < -0.39 is 0 Å². The minimum absolute atomic E-state index is 0.215. The summed E-state index contributed by atoms with van der Waals surface area (Å²) in [5, 5.41) is 0. The molecule has 2 N–H and O–H groups in total. The maximum atomic E-state index is 13.5. The summed E-state index contributed by atoms with van der Waals surface area (Å²) in [4.78, 5) is 1.99. The molecule has 1 aromatic carbocycles. The number of likely N-dealkylation sites (N-methyl/N-ethyl adjacent to an activating group) is 1. The Morgan fingerprint density at radius 1 is 1.33 bits per heavy atom. The first kappa shape index (κ1) is 14.9. The normalized spacial score (nSPS) is 11.0. The minimum atomic E-state index is -0.215. The molecule has 0 spiro atoms. The van der Waals surface area contributed by atoms with Crippen LogP contribution in [0.2, 0.25) is 0 Å². The highest BCUT2D eigenvalue weighted by atomic mass is 19.1. The summed E-state index contributed by atoms with van der Waals surface area (Å²) < 4.78 is 18.9. The SMILES string of the molecule is CC(C)OCCN(C)c1cc(F)cc(CCN)c1. The number of ether oxygens (including phenoxy) is 1. The summed E-state index contributed by atoms with van der Waals surface area (Å²) in [5.41, 5.74) is 7.30. The summed E-state index contributed by atoms with van der Waals surface area (Å²) >= 11 is 0. The van der Waals surface area contributed by atoms with E-state index in [1.165, 1.54) is 12.1 Å². The molecule has 0 aliphatic heterocycles. The first-order valence-electron chi connectivity index (χ1n) is 6.35. The van der Waals surface area contributed by atoms with Crippen molar-refractivity contribution >= 4 is 5.69 Å². The monoisotopic (exact) mass is 254 g/mol. The lowest BCUT2D eigenvalue weighted by Crippen LogP contribution is -2.24. The summed E-state index contributed by atoms with van der Waals surface area (Å²) in [7, 11) is 1.94. The van der Waals surface area contributed by atoms with E-state index in [-0.39, 0.29) is 11.9 Å². The molecule has 0 aliphatic rings. The van der Waals surface area contributed by atoms with Crippen LogP contribution < -0.4 is 10.6 Å². The van der Waals surface area contributed by atoms with Crippen molar-refractivity contribution in [2.75, 3.05) is 31.6 Å². The van der Waals surface area contributed by atoms with Crippen molar-refractivity contribution in [2.45, 2.75) is 26.4 Å². The van der Waals surface area contributed by atoms with Crippen molar-refractivity contribution < 1.29 is 9.13 Å².